The predicted molar refractivity (Wildman–Crippen MR) is 105 cm³/mol. The Bertz CT molecular complexity index is 758. The first-order valence-corrected chi connectivity index (χ1v) is 9.55. The number of nitrogens with zero attached hydrogens (tertiary/aromatic N) is 4. The molecule has 0 aliphatic carbocycles. The van der Waals surface area contributed by atoms with Crippen molar-refractivity contribution in [3.63, 3.8) is 0 Å². The van der Waals surface area contributed by atoms with Gasteiger partial charge in [-0.25, -0.2) is 0 Å². The van der Waals surface area contributed by atoms with Gasteiger partial charge >= 0.3 is 0 Å². The number of hydrogen-bond donors (Lipinski definition) is 2. The molecule has 2 saturated heterocycles. The van der Waals surface area contributed by atoms with Crippen molar-refractivity contribution in [2.75, 3.05) is 19.6 Å². The summed E-state index contributed by atoms with van der Waals surface area (Å²) in [6.07, 6.45) is 16.1. The fraction of sp³-hybridized carbons (Fsp3) is 0.500. The number of piperidine rings is 2. The lowest BCUT2D eigenvalue weighted by Crippen LogP contribution is -2.58. The first-order chi connectivity index (χ1) is 12.7. The number of aromatic nitrogens is 2. The number of hydrazone groups is 1. The van der Waals surface area contributed by atoms with E-state index < -0.39 is 0 Å². The summed E-state index contributed by atoms with van der Waals surface area (Å²) in [5, 5.41) is 12.4. The Balaban J connectivity index is 1.61. The van der Waals surface area contributed by atoms with E-state index in [0.717, 1.165) is 42.0 Å². The van der Waals surface area contributed by atoms with Crippen LogP contribution in [0.2, 0.25) is 0 Å². The Morgan fingerprint density at radius 1 is 1.23 bits per heavy atom. The average molecular weight is 352 g/mol. The van der Waals surface area contributed by atoms with Gasteiger partial charge in [0.1, 0.15) is 0 Å². The summed E-state index contributed by atoms with van der Waals surface area (Å²) in [6.45, 7) is 7.68. The van der Waals surface area contributed by atoms with Crippen molar-refractivity contribution in [1.82, 2.24) is 25.4 Å². The summed E-state index contributed by atoms with van der Waals surface area (Å²) in [5.74, 6) is 0. The molecular weight excluding hydrogens is 324 g/mol. The standard InChI is InChI=1S/C20H28N6/c1-16-18(17-12-24-25(2)14-17)13-23-22-10-6-19(16)26-11-5-8-20(15-26)7-3-4-9-21-20/h6,10,12-14,21,23H,1,3-5,7-9,11,15H2,2H3/b18-13+,19-6+,22-10-. The van der Waals surface area contributed by atoms with Gasteiger partial charge in [0.2, 0.25) is 0 Å². The largest absolute Gasteiger partial charge is 0.369 e. The van der Waals surface area contributed by atoms with Gasteiger partial charge in [-0.1, -0.05) is 13.0 Å². The molecule has 4 heterocycles. The van der Waals surface area contributed by atoms with Gasteiger partial charge in [0, 0.05) is 66.7 Å². The third-order valence-electron chi connectivity index (χ3n) is 5.74. The maximum absolute atomic E-state index is 4.44. The van der Waals surface area contributed by atoms with Crippen LogP contribution in [-0.4, -0.2) is 46.1 Å². The summed E-state index contributed by atoms with van der Waals surface area (Å²) >= 11 is 0. The number of nitrogens with one attached hydrogen (secondary N) is 2. The second-order valence-corrected chi connectivity index (χ2v) is 7.59. The zero-order chi connectivity index (χ0) is 18.0. The topological polar surface area (TPSA) is 57.5 Å². The highest BCUT2D eigenvalue weighted by Crippen LogP contribution is 2.35. The number of hydrogen-bond acceptors (Lipinski definition) is 5. The highest BCUT2D eigenvalue weighted by atomic mass is 15.3. The maximum Gasteiger partial charge on any atom is 0.0568 e. The van der Waals surface area contributed by atoms with Crippen LogP contribution in [0.4, 0.5) is 0 Å². The van der Waals surface area contributed by atoms with Crippen molar-refractivity contribution in [3.05, 3.63) is 48.1 Å². The third kappa shape index (κ3) is 3.33. The molecular formula is C20H28N6. The molecule has 2 fully saturated rings. The molecule has 1 spiro atoms. The van der Waals surface area contributed by atoms with E-state index in [0.29, 0.717) is 0 Å². The van der Waals surface area contributed by atoms with Crippen molar-refractivity contribution in [2.45, 2.75) is 37.6 Å². The molecule has 0 amide bonds. The van der Waals surface area contributed by atoms with Gasteiger partial charge in [-0.15, -0.1) is 0 Å². The van der Waals surface area contributed by atoms with Crippen molar-refractivity contribution in [3.8, 4) is 0 Å². The molecule has 0 bridgehead atoms. The number of aryl methyl sites for hydroxylation is 1. The Hall–Kier alpha value is -2.34. The summed E-state index contributed by atoms with van der Waals surface area (Å²) in [4.78, 5) is 2.49. The highest BCUT2D eigenvalue weighted by Gasteiger charge is 2.37. The molecule has 4 rings (SSSR count). The van der Waals surface area contributed by atoms with Crippen LogP contribution in [0.3, 0.4) is 0 Å². The maximum atomic E-state index is 4.44. The van der Waals surface area contributed by atoms with Crippen LogP contribution in [0, 0.1) is 0 Å². The minimum absolute atomic E-state index is 0.257. The molecule has 2 N–H and O–H groups in total. The molecule has 3 aliphatic heterocycles. The van der Waals surface area contributed by atoms with Crippen molar-refractivity contribution < 1.29 is 0 Å². The Morgan fingerprint density at radius 2 is 2.12 bits per heavy atom. The number of allylic oxidation sites excluding steroid dienone is 2. The van der Waals surface area contributed by atoms with Gasteiger partial charge in [-0.05, 0) is 38.3 Å². The van der Waals surface area contributed by atoms with Crippen LogP contribution >= 0.6 is 0 Å². The highest BCUT2D eigenvalue weighted by molar-refractivity contribution is 5.86. The molecule has 0 radical (unpaired) electrons. The Kier molecular flexibility index (Phi) is 4.68. The van der Waals surface area contributed by atoms with Crippen LogP contribution < -0.4 is 10.7 Å². The number of rotatable bonds is 2. The fourth-order valence-electron chi connectivity index (χ4n) is 4.41. The van der Waals surface area contributed by atoms with E-state index in [2.05, 4.69) is 38.5 Å². The molecule has 26 heavy (non-hydrogen) atoms. The Morgan fingerprint density at radius 3 is 2.88 bits per heavy atom. The summed E-state index contributed by atoms with van der Waals surface area (Å²) < 4.78 is 1.82. The third-order valence-corrected chi connectivity index (χ3v) is 5.74. The van der Waals surface area contributed by atoms with Crippen molar-refractivity contribution >= 4 is 11.8 Å². The van der Waals surface area contributed by atoms with E-state index in [1.54, 1.807) is 0 Å². The van der Waals surface area contributed by atoms with E-state index in [-0.39, 0.29) is 5.54 Å². The lowest BCUT2D eigenvalue weighted by Gasteiger charge is -2.47. The van der Waals surface area contributed by atoms with Crippen molar-refractivity contribution in [2.24, 2.45) is 12.1 Å². The second kappa shape index (κ2) is 7.11. The van der Waals surface area contributed by atoms with Crippen LogP contribution in [0.15, 0.2) is 47.6 Å². The average Bonchev–Trinajstić information content (AvgIpc) is 3.05. The van der Waals surface area contributed by atoms with Crippen LogP contribution in [-0.2, 0) is 7.05 Å². The van der Waals surface area contributed by atoms with Gasteiger partial charge in [0.25, 0.3) is 0 Å². The lowest BCUT2D eigenvalue weighted by atomic mass is 9.81. The van der Waals surface area contributed by atoms with Crippen LogP contribution in [0.5, 0.6) is 0 Å². The van der Waals surface area contributed by atoms with Gasteiger partial charge in [-0.3, -0.25) is 10.1 Å². The number of likely N-dealkylation sites (tertiary alicyclic amines) is 1. The van der Waals surface area contributed by atoms with E-state index in [9.17, 15) is 0 Å². The molecule has 1 unspecified atom stereocenters. The minimum Gasteiger partial charge on any atom is -0.369 e. The summed E-state index contributed by atoms with van der Waals surface area (Å²) in [5.41, 5.74) is 7.52. The molecule has 1 aromatic heterocycles. The Labute approximate surface area is 155 Å². The first-order valence-electron chi connectivity index (χ1n) is 9.55. The van der Waals surface area contributed by atoms with E-state index >= 15 is 0 Å². The molecule has 6 nitrogen and oxygen atoms in total. The quantitative estimate of drug-likeness (QED) is 0.858. The second-order valence-electron chi connectivity index (χ2n) is 7.59. The van der Waals surface area contributed by atoms with Gasteiger partial charge in [0.15, 0.2) is 0 Å². The predicted octanol–water partition coefficient (Wildman–Crippen LogP) is 2.40. The van der Waals surface area contributed by atoms with Gasteiger partial charge in [-0.2, -0.15) is 10.2 Å². The first kappa shape index (κ1) is 17.1. The molecule has 0 saturated carbocycles. The zero-order valence-electron chi connectivity index (χ0n) is 15.5. The molecule has 138 valence electrons. The molecule has 0 aromatic carbocycles. The van der Waals surface area contributed by atoms with Crippen LogP contribution in [0.1, 0.15) is 37.7 Å². The van der Waals surface area contributed by atoms with Crippen molar-refractivity contribution in [1.29, 1.82) is 0 Å². The zero-order valence-corrected chi connectivity index (χ0v) is 15.5. The summed E-state index contributed by atoms with van der Waals surface area (Å²) in [7, 11) is 1.93. The smallest absolute Gasteiger partial charge is 0.0568 e. The molecule has 1 atom stereocenters. The van der Waals surface area contributed by atoms with E-state index in [1.807, 2.05) is 36.5 Å². The fourth-order valence-corrected chi connectivity index (χ4v) is 4.41. The minimum atomic E-state index is 0.257. The van der Waals surface area contributed by atoms with Crippen LogP contribution in [0.25, 0.3) is 5.57 Å². The van der Waals surface area contributed by atoms with Gasteiger partial charge < -0.3 is 10.2 Å². The normalized spacial score (nSPS) is 32.0. The lowest BCUT2D eigenvalue weighted by molar-refractivity contribution is 0.125. The molecule has 1 aromatic rings. The summed E-state index contributed by atoms with van der Waals surface area (Å²) in [6, 6.07) is 0. The van der Waals surface area contributed by atoms with E-state index in [4.69, 9.17) is 0 Å². The SMILES string of the molecule is C=C1/C(c2cnn(C)c2)=C\N/N=C\C=C/1N1CCCC2(CCCCN2)C1. The van der Waals surface area contributed by atoms with Gasteiger partial charge in [0.05, 0.1) is 6.20 Å². The monoisotopic (exact) mass is 352 g/mol. The molecule has 6 heteroatoms. The molecule has 3 aliphatic rings. The van der Waals surface area contributed by atoms with E-state index in [1.165, 1.54) is 32.1 Å².